The van der Waals surface area contributed by atoms with Crippen LogP contribution < -0.4 is 27.3 Å². The molecule has 156 valence electrons. The number of nitrogens with one attached hydrogen (secondary N) is 3. The predicted octanol–water partition coefficient (Wildman–Crippen LogP) is -2.18. The zero-order chi connectivity index (χ0) is 22.4. The van der Waals surface area contributed by atoms with Crippen LogP contribution in [0.5, 0.6) is 23.0 Å². The summed E-state index contributed by atoms with van der Waals surface area (Å²) in [6, 6.07) is 0. The molecule has 0 saturated heterocycles. The minimum absolute atomic E-state index is 0.00466. The van der Waals surface area contributed by atoms with Gasteiger partial charge in [0.05, 0.1) is 12.0 Å². The Labute approximate surface area is 170 Å². The number of hydrogen-bond acceptors (Lipinski definition) is 7. The van der Waals surface area contributed by atoms with E-state index in [2.05, 4.69) is 19.9 Å². The Kier molecular flexibility index (Phi) is 4.98. The van der Waals surface area contributed by atoms with E-state index in [4.69, 9.17) is 0 Å². The van der Waals surface area contributed by atoms with Gasteiger partial charge in [-0.3, -0.25) is 9.59 Å². The molecule has 10 nitrogen and oxygen atoms in total. The molecular weight excluding hydrogens is 391 g/mol. The Hall–Kier alpha value is -3.89. The molecule has 0 aliphatic rings. The molecule has 0 aliphatic heterocycles. The summed E-state index contributed by atoms with van der Waals surface area (Å²) in [5.41, 5.74) is -0.405. The molecular formula is C19H21BN4O6. The molecule has 7 N–H and O–H groups in total. The average molecular weight is 412 g/mol. The monoisotopic (exact) mass is 412 g/mol. The number of rotatable bonds is 2. The van der Waals surface area contributed by atoms with Gasteiger partial charge in [-0.1, -0.05) is 20.8 Å². The van der Waals surface area contributed by atoms with E-state index in [-0.39, 0.29) is 27.1 Å². The van der Waals surface area contributed by atoms with Crippen molar-refractivity contribution in [2.75, 3.05) is 0 Å². The molecule has 0 saturated carbocycles. The van der Waals surface area contributed by atoms with E-state index in [1.807, 2.05) is 20.8 Å². The molecule has 2 heterocycles. The summed E-state index contributed by atoms with van der Waals surface area (Å²) >= 11 is 0. The maximum absolute atomic E-state index is 12.5. The van der Waals surface area contributed by atoms with Gasteiger partial charge in [0.25, 0.3) is 11.1 Å². The lowest BCUT2D eigenvalue weighted by Gasteiger charge is -2.16. The third-order valence-electron chi connectivity index (χ3n) is 4.66. The first-order valence-corrected chi connectivity index (χ1v) is 8.98. The summed E-state index contributed by atoms with van der Waals surface area (Å²) in [6.07, 6.45) is 4.03. The Bertz CT molecular complexity index is 1350. The molecule has 1 aromatic carbocycles. The van der Waals surface area contributed by atoms with Crippen LogP contribution in [0, 0.1) is 0 Å². The van der Waals surface area contributed by atoms with Crippen molar-refractivity contribution in [3.8, 4) is 23.0 Å². The number of aromatic hydroxyl groups is 4. The number of nitrogens with zero attached hydrogens (tertiary/aromatic N) is 1. The normalized spacial score (nSPS) is 13.2. The maximum Gasteiger partial charge on any atom is 0.272 e. The molecule has 0 fully saturated rings. The largest absolute Gasteiger partial charge is 0.505 e. The predicted molar refractivity (Wildman–Crippen MR) is 113 cm³/mol. The zero-order valence-electron chi connectivity index (χ0n) is 16.8. The third-order valence-corrected chi connectivity index (χ3v) is 4.66. The third kappa shape index (κ3) is 3.57. The first-order valence-electron chi connectivity index (χ1n) is 8.98. The summed E-state index contributed by atoms with van der Waals surface area (Å²) in [7, 11) is 1.36. The van der Waals surface area contributed by atoms with Crippen LogP contribution in [0.3, 0.4) is 0 Å². The first kappa shape index (κ1) is 20.8. The summed E-state index contributed by atoms with van der Waals surface area (Å²) in [5.74, 6) is -3.23. The smallest absolute Gasteiger partial charge is 0.272 e. The summed E-state index contributed by atoms with van der Waals surface area (Å²) in [6.45, 7) is 5.92. The van der Waals surface area contributed by atoms with Gasteiger partial charge >= 0.3 is 0 Å². The van der Waals surface area contributed by atoms with Gasteiger partial charge in [0.2, 0.25) is 11.5 Å². The number of benzene rings is 1. The number of H-pyrrole nitrogens is 3. The molecule has 0 atom stereocenters. The fourth-order valence-electron chi connectivity index (χ4n) is 3.00. The van der Waals surface area contributed by atoms with E-state index >= 15 is 0 Å². The molecule has 0 unspecified atom stereocenters. The topological polar surface area (TPSA) is 175 Å². The SMILES string of the molecule is Bc1c(O)c(O)c(O)c(O)c1/C=c1\[nH]c(=O)/c(=C/c2nc[nH]c2C(C)(C)C)[nH]c1=O. The standard InChI is InChI=1S/C19H21BN4O6/c1-19(2,3)16-8(21-6-22-16)5-10-18(30)23-9(17(29)24-10)4-7-11(20)13(26)15(28)14(27)12(7)25/h4-6,25-28H,20H2,1-3H3,(H,21,22)(H,23,30)(H,24,29)/b9-4-,10-5-. The van der Waals surface area contributed by atoms with Gasteiger partial charge in [-0.05, 0) is 17.6 Å². The fraction of sp³-hybridized carbons (Fsp3) is 0.211. The summed E-state index contributed by atoms with van der Waals surface area (Å²) in [4.78, 5) is 37.1. The average Bonchev–Trinajstić information content (AvgIpc) is 3.14. The van der Waals surface area contributed by atoms with Gasteiger partial charge in [-0.25, -0.2) is 4.98 Å². The van der Waals surface area contributed by atoms with E-state index in [9.17, 15) is 30.0 Å². The van der Waals surface area contributed by atoms with Crippen LogP contribution in [0.4, 0.5) is 0 Å². The van der Waals surface area contributed by atoms with Gasteiger partial charge in [-0.15, -0.1) is 0 Å². The number of imidazole rings is 1. The second kappa shape index (κ2) is 7.18. The van der Waals surface area contributed by atoms with Crippen LogP contribution in [0.1, 0.15) is 37.7 Å². The van der Waals surface area contributed by atoms with Crippen LogP contribution >= 0.6 is 0 Å². The minimum atomic E-state index is -0.943. The van der Waals surface area contributed by atoms with Crippen LogP contribution in [-0.4, -0.2) is 48.2 Å². The van der Waals surface area contributed by atoms with Gasteiger partial charge in [0.1, 0.15) is 18.5 Å². The van der Waals surface area contributed by atoms with Gasteiger partial charge in [0, 0.05) is 16.7 Å². The molecule has 30 heavy (non-hydrogen) atoms. The van der Waals surface area contributed by atoms with Crippen molar-refractivity contribution >= 4 is 25.5 Å². The van der Waals surface area contributed by atoms with Crippen LogP contribution in [-0.2, 0) is 5.41 Å². The Morgan fingerprint density at radius 2 is 1.43 bits per heavy atom. The highest BCUT2D eigenvalue weighted by Gasteiger charge is 2.20. The molecule has 0 amide bonds. The Morgan fingerprint density at radius 3 is 2.00 bits per heavy atom. The lowest BCUT2D eigenvalue weighted by Crippen LogP contribution is -2.47. The number of phenolic OH excluding ortho intramolecular Hbond substituents is 4. The van der Waals surface area contributed by atoms with Crippen molar-refractivity contribution in [2.45, 2.75) is 26.2 Å². The second-order valence-corrected chi connectivity index (χ2v) is 7.87. The van der Waals surface area contributed by atoms with Crippen molar-refractivity contribution in [3.63, 3.8) is 0 Å². The molecule has 0 radical (unpaired) electrons. The van der Waals surface area contributed by atoms with E-state index in [0.29, 0.717) is 5.69 Å². The Balaban J connectivity index is 2.23. The quantitative estimate of drug-likeness (QED) is 0.142. The fourth-order valence-corrected chi connectivity index (χ4v) is 3.00. The summed E-state index contributed by atoms with van der Waals surface area (Å²) < 4.78 is 0. The maximum atomic E-state index is 12.5. The number of hydrogen-bond donors (Lipinski definition) is 7. The molecule has 0 bridgehead atoms. The van der Waals surface area contributed by atoms with E-state index in [1.165, 1.54) is 20.2 Å². The number of phenols is 4. The minimum Gasteiger partial charge on any atom is -0.505 e. The van der Waals surface area contributed by atoms with Crippen LogP contribution in [0.15, 0.2) is 15.9 Å². The molecule has 11 heteroatoms. The molecule has 3 rings (SSSR count). The number of aromatic nitrogens is 4. The van der Waals surface area contributed by atoms with Crippen LogP contribution in [0.25, 0.3) is 12.2 Å². The van der Waals surface area contributed by atoms with Crippen molar-refractivity contribution in [1.29, 1.82) is 0 Å². The van der Waals surface area contributed by atoms with Gasteiger partial charge in [-0.2, -0.15) is 0 Å². The highest BCUT2D eigenvalue weighted by Crippen LogP contribution is 2.42. The summed E-state index contributed by atoms with van der Waals surface area (Å²) in [5, 5.41) is 39.0. The molecule has 0 spiro atoms. The van der Waals surface area contributed by atoms with E-state index in [0.717, 1.165) is 11.8 Å². The van der Waals surface area contributed by atoms with Crippen molar-refractivity contribution in [2.24, 2.45) is 0 Å². The molecule has 3 aromatic rings. The van der Waals surface area contributed by atoms with E-state index in [1.54, 1.807) is 0 Å². The zero-order valence-corrected chi connectivity index (χ0v) is 16.8. The lowest BCUT2D eigenvalue weighted by molar-refractivity contribution is 0.347. The van der Waals surface area contributed by atoms with E-state index < -0.39 is 34.1 Å². The van der Waals surface area contributed by atoms with Gasteiger partial charge in [0.15, 0.2) is 11.5 Å². The lowest BCUT2D eigenvalue weighted by atomic mass is 9.87. The van der Waals surface area contributed by atoms with Gasteiger partial charge < -0.3 is 35.4 Å². The Morgan fingerprint density at radius 1 is 0.900 bits per heavy atom. The van der Waals surface area contributed by atoms with Crippen molar-refractivity contribution in [1.82, 2.24) is 19.9 Å². The van der Waals surface area contributed by atoms with Crippen molar-refractivity contribution in [3.05, 3.63) is 54.7 Å². The number of aromatic amines is 3. The van der Waals surface area contributed by atoms with Crippen molar-refractivity contribution < 1.29 is 20.4 Å². The van der Waals surface area contributed by atoms with Crippen LogP contribution in [0.2, 0.25) is 0 Å². The molecule has 0 aliphatic carbocycles. The highest BCUT2D eigenvalue weighted by molar-refractivity contribution is 6.37. The second-order valence-electron chi connectivity index (χ2n) is 7.87. The highest BCUT2D eigenvalue weighted by atomic mass is 16.3. The molecule has 2 aromatic heterocycles. The first-order chi connectivity index (χ1) is 13.9.